The zero-order chi connectivity index (χ0) is 13.5. The monoisotopic (exact) mass is 266 g/mol. The summed E-state index contributed by atoms with van der Waals surface area (Å²) in [7, 11) is 1.72. The Hall–Kier alpha value is -1.07. The van der Waals surface area contributed by atoms with Gasteiger partial charge in [-0.15, -0.1) is 0 Å². The minimum absolute atomic E-state index is 0.606. The van der Waals surface area contributed by atoms with Crippen LogP contribution in [0.15, 0.2) is 12.4 Å². The van der Waals surface area contributed by atoms with E-state index in [2.05, 4.69) is 28.4 Å². The van der Waals surface area contributed by atoms with Crippen LogP contribution in [-0.4, -0.2) is 49.2 Å². The highest BCUT2D eigenvalue weighted by atomic mass is 16.5. The first-order valence-electron chi connectivity index (χ1n) is 7.33. The van der Waals surface area contributed by atoms with Crippen LogP contribution in [0.3, 0.4) is 0 Å². The highest BCUT2D eigenvalue weighted by Gasteiger charge is 2.18. The number of ether oxygens (including phenoxy) is 1. The van der Waals surface area contributed by atoms with Gasteiger partial charge in [0.1, 0.15) is 0 Å². The molecule has 1 aliphatic heterocycles. The Kier molecular flexibility index (Phi) is 5.66. The van der Waals surface area contributed by atoms with Crippen molar-refractivity contribution in [2.24, 2.45) is 0 Å². The molecule has 5 nitrogen and oxygen atoms in total. The third kappa shape index (κ3) is 4.21. The summed E-state index contributed by atoms with van der Waals surface area (Å²) >= 11 is 0. The normalized spacial score (nSPS) is 20.5. The topological polar surface area (TPSA) is 42.3 Å². The van der Waals surface area contributed by atoms with Gasteiger partial charge in [-0.1, -0.05) is 13.3 Å². The number of hydrogen-bond acceptors (Lipinski definition) is 4. The largest absolute Gasteiger partial charge is 0.383 e. The molecule has 0 saturated carbocycles. The molecule has 108 valence electrons. The van der Waals surface area contributed by atoms with Crippen LogP contribution in [0.2, 0.25) is 0 Å². The molecule has 0 radical (unpaired) electrons. The van der Waals surface area contributed by atoms with Crippen LogP contribution in [0.25, 0.3) is 0 Å². The second-order valence-corrected chi connectivity index (χ2v) is 5.19. The van der Waals surface area contributed by atoms with Gasteiger partial charge in [-0.25, -0.2) is 0 Å². The number of nitrogens with one attached hydrogen (secondary N) is 1. The fraction of sp³-hybridized carbons (Fsp3) is 0.786. The second-order valence-electron chi connectivity index (χ2n) is 5.19. The summed E-state index contributed by atoms with van der Waals surface area (Å²) < 4.78 is 7.05. The van der Waals surface area contributed by atoms with Gasteiger partial charge >= 0.3 is 0 Å². The zero-order valence-electron chi connectivity index (χ0n) is 12.1. The average molecular weight is 266 g/mol. The fourth-order valence-corrected chi connectivity index (χ4v) is 2.60. The van der Waals surface area contributed by atoms with Gasteiger partial charge in [0, 0.05) is 32.4 Å². The van der Waals surface area contributed by atoms with Crippen molar-refractivity contribution in [2.45, 2.75) is 38.8 Å². The summed E-state index contributed by atoms with van der Waals surface area (Å²) in [6, 6.07) is 0.606. The maximum atomic E-state index is 5.09. The van der Waals surface area contributed by atoms with Crippen molar-refractivity contribution in [1.82, 2.24) is 15.1 Å². The molecule has 2 rings (SSSR count). The lowest BCUT2D eigenvalue weighted by molar-refractivity contribution is 0.183. The molecule has 0 spiro atoms. The zero-order valence-corrected chi connectivity index (χ0v) is 12.1. The molecule has 1 aliphatic rings. The van der Waals surface area contributed by atoms with Crippen molar-refractivity contribution in [3.8, 4) is 0 Å². The predicted octanol–water partition coefficient (Wildman–Crippen LogP) is 1.50. The van der Waals surface area contributed by atoms with Gasteiger partial charge in [0.2, 0.25) is 0 Å². The molecule has 2 heterocycles. The smallest absolute Gasteiger partial charge is 0.0753 e. The van der Waals surface area contributed by atoms with Gasteiger partial charge in [-0.3, -0.25) is 4.68 Å². The summed E-state index contributed by atoms with van der Waals surface area (Å²) in [6.07, 6.45) is 7.79. The first-order valence-corrected chi connectivity index (χ1v) is 7.33. The third-order valence-corrected chi connectivity index (χ3v) is 3.63. The number of nitrogens with zero attached hydrogens (tertiary/aromatic N) is 3. The van der Waals surface area contributed by atoms with Gasteiger partial charge < -0.3 is 15.0 Å². The van der Waals surface area contributed by atoms with Gasteiger partial charge in [0.15, 0.2) is 0 Å². The van der Waals surface area contributed by atoms with E-state index in [9.17, 15) is 0 Å². The van der Waals surface area contributed by atoms with E-state index in [-0.39, 0.29) is 0 Å². The molecule has 0 amide bonds. The maximum Gasteiger partial charge on any atom is 0.0753 e. The molecule has 1 aromatic heterocycles. The van der Waals surface area contributed by atoms with E-state index in [0.29, 0.717) is 12.6 Å². The highest BCUT2D eigenvalue weighted by Crippen LogP contribution is 2.16. The molecule has 19 heavy (non-hydrogen) atoms. The van der Waals surface area contributed by atoms with E-state index in [1.807, 2.05) is 10.9 Å². The first kappa shape index (κ1) is 14.3. The highest BCUT2D eigenvalue weighted by molar-refractivity contribution is 5.42. The number of aromatic nitrogens is 2. The van der Waals surface area contributed by atoms with Crippen LogP contribution < -0.4 is 10.2 Å². The standard InChI is InChI=1S/C14H26N4O/c1-3-5-13-11-17(7-4-6-15-13)14-10-16-18(12-14)8-9-19-2/h10,12-13,15H,3-9,11H2,1-2H3. The second kappa shape index (κ2) is 7.50. The van der Waals surface area contributed by atoms with E-state index in [1.165, 1.54) is 24.9 Å². The summed E-state index contributed by atoms with van der Waals surface area (Å²) in [4.78, 5) is 2.45. The summed E-state index contributed by atoms with van der Waals surface area (Å²) in [6.45, 7) is 7.10. The van der Waals surface area contributed by atoms with Gasteiger partial charge in [0.25, 0.3) is 0 Å². The van der Waals surface area contributed by atoms with Crippen molar-refractivity contribution in [2.75, 3.05) is 38.3 Å². The molecule has 0 aromatic carbocycles. The molecule has 0 aliphatic carbocycles. The molecule has 1 unspecified atom stereocenters. The SMILES string of the molecule is CCCC1CN(c2cnn(CCOC)c2)CCCN1. The molecule has 5 heteroatoms. The minimum atomic E-state index is 0.606. The number of rotatable bonds is 6. The Morgan fingerprint density at radius 2 is 2.42 bits per heavy atom. The van der Waals surface area contributed by atoms with E-state index in [0.717, 1.165) is 26.2 Å². The molecule has 1 saturated heterocycles. The number of methoxy groups -OCH3 is 1. The minimum Gasteiger partial charge on any atom is -0.383 e. The lowest BCUT2D eigenvalue weighted by Crippen LogP contribution is -2.37. The van der Waals surface area contributed by atoms with Crippen molar-refractivity contribution in [3.05, 3.63) is 12.4 Å². The quantitative estimate of drug-likeness (QED) is 0.847. The Labute approximate surface area is 115 Å². The number of anilines is 1. The van der Waals surface area contributed by atoms with Crippen molar-refractivity contribution < 1.29 is 4.74 Å². The molecule has 1 atom stereocenters. The molecular weight excluding hydrogens is 240 g/mol. The van der Waals surface area contributed by atoms with Gasteiger partial charge in [-0.05, 0) is 19.4 Å². The van der Waals surface area contributed by atoms with Gasteiger partial charge in [-0.2, -0.15) is 5.10 Å². The lowest BCUT2D eigenvalue weighted by atomic mass is 10.1. The summed E-state index contributed by atoms with van der Waals surface area (Å²) in [5, 5.41) is 8.04. The van der Waals surface area contributed by atoms with E-state index >= 15 is 0 Å². The summed E-state index contributed by atoms with van der Waals surface area (Å²) in [5.41, 5.74) is 1.24. The van der Waals surface area contributed by atoms with Gasteiger partial charge in [0.05, 0.1) is 25.0 Å². The predicted molar refractivity (Wildman–Crippen MR) is 77.6 cm³/mol. The van der Waals surface area contributed by atoms with Crippen molar-refractivity contribution in [3.63, 3.8) is 0 Å². The Bertz CT molecular complexity index is 366. The average Bonchev–Trinajstić information content (AvgIpc) is 2.76. The van der Waals surface area contributed by atoms with Crippen molar-refractivity contribution in [1.29, 1.82) is 0 Å². The number of hydrogen-bond donors (Lipinski definition) is 1. The maximum absolute atomic E-state index is 5.09. The lowest BCUT2D eigenvalue weighted by Gasteiger charge is -2.24. The first-order chi connectivity index (χ1) is 9.33. The van der Waals surface area contributed by atoms with Crippen LogP contribution >= 0.6 is 0 Å². The Morgan fingerprint density at radius 3 is 3.21 bits per heavy atom. The van der Waals surface area contributed by atoms with Crippen molar-refractivity contribution >= 4 is 5.69 Å². The molecular formula is C14H26N4O. The molecule has 1 fully saturated rings. The van der Waals surface area contributed by atoms with E-state index in [1.54, 1.807) is 7.11 Å². The molecule has 1 aromatic rings. The van der Waals surface area contributed by atoms with Crippen LogP contribution in [-0.2, 0) is 11.3 Å². The van der Waals surface area contributed by atoms with Crippen LogP contribution in [0, 0.1) is 0 Å². The Balaban J connectivity index is 1.96. The van der Waals surface area contributed by atoms with Crippen LogP contribution in [0.1, 0.15) is 26.2 Å². The van der Waals surface area contributed by atoms with E-state index < -0.39 is 0 Å². The van der Waals surface area contributed by atoms with Crippen LogP contribution in [0.4, 0.5) is 5.69 Å². The van der Waals surface area contributed by atoms with Crippen LogP contribution in [0.5, 0.6) is 0 Å². The molecule has 1 N–H and O–H groups in total. The Morgan fingerprint density at radius 1 is 1.53 bits per heavy atom. The third-order valence-electron chi connectivity index (χ3n) is 3.63. The molecule has 0 bridgehead atoms. The summed E-state index contributed by atoms with van der Waals surface area (Å²) in [5.74, 6) is 0. The fourth-order valence-electron chi connectivity index (χ4n) is 2.60. The van der Waals surface area contributed by atoms with E-state index in [4.69, 9.17) is 4.74 Å².